The molecule has 110 valence electrons. The van der Waals surface area contributed by atoms with Gasteiger partial charge in [-0.15, -0.1) is 0 Å². The van der Waals surface area contributed by atoms with Gasteiger partial charge in [0.25, 0.3) is 0 Å². The van der Waals surface area contributed by atoms with Crippen LogP contribution in [0.15, 0.2) is 29.2 Å². The first-order valence-electron chi connectivity index (χ1n) is 7.33. The van der Waals surface area contributed by atoms with E-state index in [0.717, 1.165) is 5.69 Å². The molecule has 0 unspecified atom stereocenters. The summed E-state index contributed by atoms with van der Waals surface area (Å²) in [6.07, 6.45) is 8.01. The van der Waals surface area contributed by atoms with Gasteiger partial charge in [-0.25, -0.2) is 13.1 Å². The Hall–Kier alpha value is -1.07. The van der Waals surface area contributed by atoms with Gasteiger partial charge < -0.3 is 5.32 Å². The Kier molecular flexibility index (Phi) is 3.50. The fourth-order valence-corrected chi connectivity index (χ4v) is 3.87. The fraction of sp³-hybridized carbons (Fsp3) is 0.600. The molecule has 0 bridgehead atoms. The van der Waals surface area contributed by atoms with Crippen LogP contribution < -0.4 is 10.0 Å². The van der Waals surface area contributed by atoms with Crippen LogP contribution in [0.5, 0.6) is 0 Å². The van der Waals surface area contributed by atoms with E-state index in [1.54, 1.807) is 12.1 Å². The Morgan fingerprint density at radius 2 is 1.65 bits per heavy atom. The molecular formula is C15H22N2O2S. The predicted octanol–water partition coefficient (Wildman–Crippen LogP) is 2.73. The highest BCUT2D eigenvalue weighted by Gasteiger charge is 2.44. The number of benzene rings is 1. The van der Waals surface area contributed by atoms with Gasteiger partial charge in [-0.2, -0.15) is 0 Å². The molecule has 0 atom stereocenters. The Balaban J connectivity index is 1.61. The van der Waals surface area contributed by atoms with Crippen molar-refractivity contribution in [2.75, 3.05) is 12.4 Å². The Morgan fingerprint density at radius 3 is 2.15 bits per heavy atom. The number of hydrogen-bond acceptors (Lipinski definition) is 3. The number of sulfonamides is 1. The molecule has 2 fully saturated rings. The highest BCUT2D eigenvalue weighted by molar-refractivity contribution is 7.89. The van der Waals surface area contributed by atoms with Crippen LogP contribution in [0.2, 0.25) is 0 Å². The molecule has 0 aliphatic heterocycles. The average molecular weight is 294 g/mol. The fourth-order valence-electron chi connectivity index (χ4n) is 3.14. The zero-order chi connectivity index (χ0) is 14.2. The summed E-state index contributed by atoms with van der Waals surface area (Å²) in [5.74, 6) is 0. The van der Waals surface area contributed by atoms with E-state index in [4.69, 9.17) is 0 Å². The third kappa shape index (κ3) is 2.83. The predicted molar refractivity (Wildman–Crippen MR) is 80.2 cm³/mol. The summed E-state index contributed by atoms with van der Waals surface area (Å²) in [6.45, 7) is 0. The Morgan fingerprint density at radius 1 is 1.05 bits per heavy atom. The minimum absolute atomic E-state index is 0.311. The molecule has 1 aromatic carbocycles. The standard InChI is InChI=1S/C15H22N2O2S/c1-16-20(18,19)14-4-2-12(3-5-14)17-13-6-8-15(9-7-13)10-11-15/h2-5,13,16-17H,6-11H2,1H3. The third-order valence-electron chi connectivity index (χ3n) is 4.81. The first-order chi connectivity index (χ1) is 9.53. The van der Waals surface area contributed by atoms with Crippen molar-refractivity contribution in [3.63, 3.8) is 0 Å². The quantitative estimate of drug-likeness (QED) is 0.897. The highest BCUT2D eigenvalue weighted by Crippen LogP contribution is 2.56. The molecule has 5 heteroatoms. The zero-order valence-corrected chi connectivity index (χ0v) is 12.7. The van der Waals surface area contributed by atoms with Gasteiger partial charge in [-0.05, 0) is 75.3 Å². The van der Waals surface area contributed by atoms with Crippen LogP contribution in [0, 0.1) is 5.41 Å². The van der Waals surface area contributed by atoms with Crippen molar-refractivity contribution >= 4 is 15.7 Å². The monoisotopic (exact) mass is 294 g/mol. The second-order valence-corrected chi connectivity index (χ2v) is 8.04. The molecule has 0 saturated heterocycles. The van der Waals surface area contributed by atoms with E-state index < -0.39 is 10.0 Å². The molecular weight excluding hydrogens is 272 g/mol. The van der Waals surface area contributed by atoms with Crippen molar-refractivity contribution in [2.45, 2.75) is 49.5 Å². The van der Waals surface area contributed by atoms with E-state index in [1.807, 2.05) is 12.1 Å². The topological polar surface area (TPSA) is 58.2 Å². The molecule has 4 nitrogen and oxygen atoms in total. The number of anilines is 1. The number of rotatable bonds is 4. The molecule has 2 aliphatic rings. The first kappa shape index (κ1) is 13.9. The van der Waals surface area contributed by atoms with E-state index in [-0.39, 0.29) is 0 Å². The normalized spacial score (nSPS) is 21.9. The molecule has 2 N–H and O–H groups in total. The van der Waals surface area contributed by atoms with Crippen LogP contribution in [0.1, 0.15) is 38.5 Å². The van der Waals surface area contributed by atoms with Crippen molar-refractivity contribution in [1.29, 1.82) is 0 Å². The van der Waals surface area contributed by atoms with Crippen molar-refractivity contribution in [2.24, 2.45) is 5.41 Å². The Bertz CT molecular complexity index is 566. The SMILES string of the molecule is CNS(=O)(=O)c1ccc(NC2CCC3(CC2)CC3)cc1. The van der Waals surface area contributed by atoms with Crippen molar-refractivity contribution in [1.82, 2.24) is 4.72 Å². The Labute approximate surface area is 121 Å². The minimum Gasteiger partial charge on any atom is -0.382 e. The van der Waals surface area contributed by atoms with Crippen LogP contribution in [0.25, 0.3) is 0 Å². The zero-order valence-electron chi connectivity index (χ0n) is 11.9. The van der Waals surface area contributed by atoms with Gasteiger partial charge in [0.2, 0.25) is 10.0 Å². The molecule has 0 aromatic heterocycles. The lowest BCUT2D eigenvalue weighted by molar-refractivity contribution is 0.317. The lowest BCUT2D eigenvalue weighted by Crippen LogP contribution is -2.26. The van der Waals surface area contributed by atoms with Crippen molar-refractivity contribution in [3.8, 4) is 0 Å². The highest BCUT2D eigenvalue weighted by atomic mass is 32.2. The lowest BCUT2D eigenvalue weighted by Gasteiger charge is -2.29. The summed E-state index contributed by atoms with van der Waals surface area (Å²) in [7, 11) is -1.91. The summed E-state index contributed by atoms with van der Waals surface area (Å²) >= 11 is 0. The molecule has 0 heterocycles. The van der Waals surface area contributed by atoms with Gasteiger partial charge in [0.1, 0.15) is 0 Å². The maximum absolute atomic E-state index is 11.6. The second-order valence-electron chi connectivity index (χ2n) is 6.15. The van der Waals surface area contributed by atoms with E-state index >= 15 is 0 Å². The number of nitrogens with one attached hydrogen (secondary N) is 2. The lowest BCUT2D eigenvalue weighted by atomic mass is 9.83. The molecule has 1 aromatic rings. The van der Waals surface area contributed by atoms with Gasteiger partial charge in [-0.1, -0.05) is 0 Å². The van der Waals surface area contributed by atoms with Crippen LogP contribution >= 0.6 is 0 Å². The maximum Gasteiger partial charge on any atom is 0.240 e. The van der Waals surface area contributed by atoms with Crippen molar-refractivity contribution in [3.05, 3.63) is 24.3 Å². The van der Waals surface area contributed by atoms with Gasteiger partial charge >= 0.3 is 0 Å². The third-order valence-corrected chi connectivity index (χ3v) is 6.24. The van der Waals surface area contributed by atoms with E-state index in [2.05, 4.69) is 10.0 Å². The largest absolute Gasteiger partial charge is 0.382 e. The smallest absolute Gasteiger partial charge is 0.240 e. The van der Waals surface area contributed by atoms with Gasteiger partial charge in [0.15, 0.2) is 0 Å². The summed E-state index contributed by atoms with van der Waals surface area (Å²) in [5.41, 5.74) is 1.72. The molecule has 0 amide bonds. The van der Waals surface area contributed by atoms with Crippen LogP contribution in [0.4, 0.5) is 5.69 Å². The summed E-state index contributed by atoms with van der Waals surface area (Å²) in [6, 6.07) is 7.55. The van der Waals surface area contributed by atoms with Gasteiger partial charge in [-0.3, -0.25) is 0 Å². The second kappa shape index (κ2) is 5.04. The minimum atomic E-state index is -3.33. The summed E-state index contributed by atoms with van der Waals surface area (Å²) in [5, 5.41) is 3.53. The number of hydrogen-bond donors (Lipinski definition) is 2. The van der Waals surface area contributed by atoms with E-state index in [9.17, 15) is 8.42 Å². The first-order valence-corrected chi connectivity index (χ1v) is 8.82. The molecule has 2 saturated carbocycles. The van der Waals surface area contributed by atoms with Crippen molar-refractivity contribution < 1.29 is 8.42 Å². The maximum atomic E-state index is 11.6. The molecule has 0 radical (unpaired) electrons. The molecule has 3 rings (SSSR count). The van der Waals surface area contributed by atoms with Crippen LogP contribution in [-0.4, -0.2) is 21.5 Å². The van der Waals surface area contributed by atoms with Gasteiger partial charge in [0.05, 0.1) is 4.90 Å². The molecule has 20 heavy (non-hydrogen) atoms. The van der Waals surface area contributed by atoms with Crippen LogP contribution in [0.3, 0.4) is 0 Å². The van der Waals surface area contributed by atoms with E-state index in [1.165, 1.54) is 45.6 Å². The summed E-state index contributed by atoms with van der Waals surface area (Å²) in [4.78, 5) is 0.311. The molecule has 1 spiro atoms. The van der Waals surface area contributed by atoms with E-state index in [0.29, 0.717) is 16.4 Å². The summed E-state index contributed by atoms with van der Waals surface area (Å²) < 4.78 is 25.6. The van der Waals surface area contributed by atoms with Gasteiger partial charge in [0, 0.05) is 11.7 Å². The van der Waals surface area contributed by atoms with Crippen LogP contribution in [-0.2, 0) is 10.0 Å². The molecule has 2 aliphatic carbocycles. The average Bonchev–Trinajstić information content (AvgIpc) is 3.22.